The van der Waals surface area contributed by atoms with Gasteiger partial charge in [0.25, 0.3) is 5.91 Å². The van der Waals surface area contributed by atoms with E-state index in [-0.39, 0.29) is 12.5 Å². The predicted octanol–water partition coefficient (Wildman–Crippen LogP) is 4.69. The van der Waals surface area contributed by atoms with Crippen LogP contribution in [0.25, 0.3) is 0 Å². The van der Waals surface area contributed by atoms with E-state index in [1.807, 2.05) is 37.3 Å². The highest BCUT2D eigenvalue weighted by atomic mass is 16.5. The quantitative estimate of drug-likeness (QED) is 0.608. The molecule has 5 heteroatoms. The largest absolute Gasteiger partial charge is 0.494 e. The number of carbonyl (C=O) groups is 2. The van der Waals surface area contributed by atoms with E-state index in [9.17, 15) is 9.59 Å². The maximum atomic E-state index is 12.2. The van der Waals surface area contributed by atoms with E-state index in [0.29, 0.717) is 23.5 Å². The van der Waals surface area contributed by atoms with Crippen LogP contribution in [0.3, 0.4) is 0 Å². The number of nitrogens with one attached hydrogen (secondary N) is 1. The highest BCUT2D eigenvalue weighted by molar-refractivity contribution is 6.04. The topological polar surface area (TPSA) is 64.6 Å². The molecule has 0 fully saturated rings. The molecule has 0 unspecified atom stereocenters. The fraction of sp³-hybridized carbons (Fsp3) is 0.130. The van der Waals surface area contributed by atoms with E-state index in [2.05, 4.69) is 5.32 Å². The Labute approximate surface area is 163 Å². The van der Waals surface area contributed by atoms with Crippen molar-refractivity contribution in [1.82, 2.24) is 0 Å². The van der Waals surface area contributed by atoms with Crippen LogP contribution in [0.2, 0.25) is 0 Å². The van der Waals surface area contributed by atoms with E-state index < -0.39 is 5.97 Å². The molecule has 0 atom stereocenters. The average Bonchev–Trinajstić information content (AvgIpc) is 2.74. The second-order valence-corrected chi connectivity index (χ2v) is 6.05. The molecule has 0 saturated heterocycles. The predicted molar refractivity (Wildman–Crippen MR) is 108 cm³/mol. The summed E-state index contributed by atoms with van der Waals surface area (Å²) in [4.78, 5) is 24.4. The van der Waals surface area contributed by atoms with Crippen molar-refractivity contribution in [2.45, 2.75) is 13.5 Å². The van der Waals surface area contributed by atoms with E-state index in [0.717, 1.165) is 11.3 Å². The summed E-state index contributed by atoms with van der Waals surface area (Å²) >= 11 is 0. The minimum absolute atomic E-state index is 0.132. The number of hydrogen-bond donors (Lipinski definition) is 1. The van der Waals surface area contributed by atoms with Crippen molar-refractivity contribution in [3.8, 4) is 5.75 Å². The third-order valence-electron chi connectivity index (χ3n) is 4.02. The molecule has 3 rings (SSSR count). The standard InChI is InChI=1S/C23H21NO4/c1-2-27-21-14-12-19(13-15-21)23(26)28-16-17-8-10-18(11-9-17)22(25)24-20-6-4-3-5-7-20/h3-15H,2,16H2,1H3,(H,24,25). The molecule has 0 heterocycles. The Morgan fingerprint density at radius 1 is 0.821 bits per heavy atom. The van der Waals surface area contributed by atoms with Crippen molar-refractivity contribution in [2.75, 3.05) is 11.9 Å². The summed E-state index contributed by atoms with van der Waals surface area (Å²) in [5, 5.41) is 2.83. The molecule has 0 aliphatic heterocycles. The van der Waals surface area contributed by atoms with E-state index >= 15 is 0 Å². The lowest BCUT2D eigenvalue weighted by Crippen LogP contribution is -2.11. The van der Waals surface area contributed by atoms with Gasteiger partial charge in [0.05, 0.1) is 12.2 Å². The van der Waals surface area contributed by atoms with E-state index in [4.69, 9.17) is 9.47 Å². The minimum Gasteiger partial charge on any atom is -0.494 e. The molecule has 0 aromatic heterocycles. The highest BCUT2D eigenvalue weighted by Crippen LogP contribution is 2.14. The Balaban J connectivity index is 1.53. The summed E-state index contributed by atoms with van der Waals surface area (Å²) in [5.74, 6) is 0.112. The number of esters is 1. The average molecular weight is 375 g/mol. The van der Waals surface area contributed by atoms with Crippen LogP contribution in [0.5, 0.6) is 5.75 Å². The van der Waals surface area contributed by atoms with Crippen LogP contribution in [0.15, 0.2) is 78.9 Å². The third-order valence-corrected chi connectivity index (χ3v) is 4.02. The zero-order valence-corrected chi connectivity index (χ0v) is 15.6. The summed E-state index contributed by atoms with van der Waals surface area (Å²) in [7, 11) is 0. The van der Waals surface area contributed by atoms with Crippen molar-refractivity contribution in [3.63, 3.8) is 0 Å². The van der Waals surface area contributed by atoms with Gasteiger partial charge in [0.15, 0.2) is 0 Å². The summed E-state index contributed by atoms with van der Waals surface area (Å²) < 4.78 is 10.7. The Morgan fingerprint density at radius 2 is 1.46 bits per heavy atom. The summed E-state index contributed by atoms with van der Waals surface area (Å²) in [5.41, 5.74) is 2.53. The maximum Gasteiger partial charge on any atom is 0.338 e. The van der Waals surface area contributed by atoms with Crippen LogP contribution >= 0.6 is 0 Å². The van der Waals surface area contributed by atoms with Crippen molar-refractivity contribution in [3.05, 3.63) is 95.6 Å². The van der Waals surface area contributed by atoms with Crippen LogP contribution in [0, 0.1) is 0 Å². The van der Waals surface area contributed by atoms with Crippen LogP contribution in [-0.4, -0.2) is 18.5 Å². The second kappa shape index (κ2) is 9.37. The number of carbonyl (C=O) groups excluding carboxylic acids is 2. The first-order chi connectivity index (χ1) is 13.7. The van der Waals surface area contributed by atoms with E-state index in [1.54, 1.807) is 48.5 Å². The second-order valence-electron chi connectivity index (χ2n) is 6.05. The van der Waals surface area contributed by atoms with Gasteiger partial charge >= 0.3 is 5.97 Å². The number of benzene rings is 3. The highest BCUT2D eigenvalue weighted by Gasteiger charge is 2.09. The lowest BCUT2D eigenvalue weighted by atomic mass is 10.1. The molecule has 1 N–H and O–H groups in total. The van der Waals surface area contributed by atoms with Gasteiger partial charge in [-0.3, -0.25) is 4.79 Å². The number of ether oxygens (including phenoxy) is 2. The lowest BCUT2D eigenvalue weighted by molar-refractivity contribution is 0.0472. The van der Waals surface area contributed by atoms with Crippen LogP contribution in [0.4, 0.5) is 5.69 Å². The Kier molecular flexibility index (Phi) is 6.41. The van der Waals surface area contributed by atoms with Gasteiger partial charge in [0, 0.05) is 11.3 Å². The molecular formula is C23H21NO4. The third kappa shape index (κ3) is 5.20. The number of amides is 1. The van der Waals surface area contributed by atoms with Gasteiger partial charge in [-0.25, -0.2) is 4.79 Å². The molecule has 5 nitrogen and oxygen atoms in total. The molecular weight excluding hydrogens is 354 g/mol. The number of rotatable bonds is 7. The molecule has 0 aliphatic rings. The van der Waals surface area contributed by atoms with Crippen molar-refractivity contribution >= 4 is 17.6 Å². The first-order valence-electron chi connectivity index (χ1n) is 9.01. The molecule has 142 valence electrons. The van der Waals surface area contributed by atoms with Gasteiger partial charge in [-0.1, -0.05) is 30.3 Å². The van der Waals surface area contributed by atoms with Crippen LogP contribution < -0.4 is 10.1 Å². The Hall–Kier alpha value is -3.60. The monoisotopic (exact) mass is 375 g/mol. The first-order valence-corrected chi connectivity index (χ1v) is 9.01. The molecule has 0 radical (unpaired) electrons. The number of hydrogen-bond acceptors (Lipinski definition) is 4. The van der Waals surface area contributed by atoms with Gasteiger partial charge in [0.1, 0.15) is 12.4 Å². The molecule has 1 amide bonds. The maximum absolute atomic E-state index is 12.2. The zero-order chi connectivity index (χ0) is 19.8. The summed E-state index contributed by atoms with van der Waals surface area (Å²) in [6.45, 7) is 2.61. The number of anilines is 1. The fourth-order valence-corrected chi connectivity index (χ4v) is 2.56. The molecule has 0 bridgehead atoms. The molecule has 0 aliphatic carbocycles. The molecule has 0 saturated carbocycles. The van der Waals surface area contributed by atoms with Crippen molar-refractivity contribution in [1.29, 1.82) is 0 Å². The van der Waals surface area contributed by atoms with Crippen LogP contribution in [0.1, 0.15) is 33.2 Å². The van der Waals surface area contributed by atoms with Gasteiger partial charge in [0.2, 0.25) is 0 Å². The normalized spacial score (nSPS) is 10.2. The Bertz CT molecular complexity index is 919. The van der Waals surface area contributed by atoms with Gasteiger partial charge in [-0.05, 0) is 61.0 Å². The molecule has 3 aromatic carbocycles. The molecule has 0 spiro atoms. The summed E-state index contributed by atoms with van der Waals surface area (Å²) in [6, 6.07) is 23.0. The number of para-hydroxylation sites is 1. The Morgan fingerprint density at radius 3 is 2.11 bits per heavy atom. The fourth-order valence-electron chi connectivity index (χ4n) is 2.56. The first kappa shape index (κ1) is 19.2. The van der Waals surface area contributed by atoms with Crippen molar-refractivity contribution < 1.29 is 19.1 Å². The zero-order valence-electron chi connectivity index (χ0n) is 15.6. The minimum atomic E-state index is -0.408. The summed E-state index contributed by atoms with van der Waals surface area (Å²) in [6.07, 6.45) is 0. The van der Waals surface area contributed by atoms with Gasteiger partial charge < -0.3 is 14.8 Å². The van der Waals surface area contributed by atoms with Gasteiger partial charge in [-0.2, -0.15) is 0 Å². The van der Waals surface area contributed by atoms with Gasteiger partial charge in [-0.15, -0.1) is 0 Å². The smallest absolute Gasteiger partial charge is 0.338 e. The van der Waals surface area contributed by atoms with Crippen molar-refractivity contribution in [2.24, 2.45) is 0 Å². The SMILES string of the molecule is CCOc1ccc(C(=O)OCc2ccc(C(=O)Nc3ccccc3)cc2)cc1. The van der Waals surface area contributed by atoms with Crippen LogP contribution in [-0.2, 0) is 11.3 Å². The lowest BCUT2D eigenvalue weighted by Gasteiger charge is -2.08. The van der Waals surface area contributed by atoms with E-state index in [1.165, 1.54) is 0 Å². The molecule has 28 heavy (non-hydrogen) atoms. The molecule has 3 aromatic rings.